The fourth-order valence-electron chi connectivity index (χ4n) is 4.99. The van der Waals surface area contributed by atoms with Crippen molar-refractivity contribution in [1.29, 1.82) is 0 Å². The van der Waals surface area contributed by atoms with Crippen molar-refractivity contribution < 1.29 is 23.9 Å². The lowest BCUT2D eigenvalue weighted by molar-refractivity contribution is -0.124. The lowest BCUT2D eigenvalue weighted by atomic mass is 10.1. The smallest absolute Gasteiger partial charge is 0.254 e. The largest absolute Gasteiger partial charge is 0.497 e. The van der Waals surface area contributed by atoms with E-state index in [9.17, 15) is 14.4 Å². The Labute approximate surface area is 217 Å². The molecule has 2 aromatic rings. The zero-order chi connectivity index (χ0) is 26.4. The number of carbonyl (C=O) groups excluding carboxylic acids is 3. The molecule has 0 spiro atoms. The van der Waals surface area contributed by atoms with Crippen molar-refractivity contribution in [1.82, 2.24) is 15.1 Å². The summed E-state index contributed by atoms with van der Waals surface area (Å²) in [5.41, 5.74) is 7.67. The van der Waals surface area contributed by atoms with Crippen molar-refractivity contribution in [3.05, 3.63) is 65.2 Å². The summed E-state index contributed by atoms with van der Waals surface area (Å²) < 4.78 is 11.1. The van der Waals surface area contributed by atoms with Crippen LogP contribution in [0.25, 0.3) is 0 Å². The number of benzene rings is 2. The van der Waals surface area contributed by atoms with Crippen LogP contribution in [0.4, 0.5) is 0 Å². The van der Waals surface area contributed by atoms with E-state index in [1.165, 1.54) is 0 Å². The van der Waals surface area contributed by atoms with Gasteiger partial charge in [0.15, 0.2) is 0 Å². The SMILES string of the molecule is COc1ccc(C(=O)N(CC2CCCO2)C2CC(C(=O)NCCN)N(C(=O)c3ccc(C)cc3)C2)cc1. The van der Waals surface area contributed by atoms with Gasteiger partial charge in [0.1, 0.15) is 11.8 Å². The molecule has 3 N–H and O–H groups in total. The molecule has 9 nitrogen and oxygen atoms in total. The number of nitrogens with two attached hydrogens (primary N) is 1. The molecule has 198 valence electrons. The molecule has 2 saturated heterocycles. The maximum Gasteiger partial charge on any atom is 0.254 e. The molecule has 2 aromatic carbocycles. The number of rotatable bonds is 9. The quantitative estimate of drug-likeness (QED) is 0.536. The number of nitrogens with zero attached hydrogens (tertiary/aromatic N) is 2. The Hall–Kier alpha value is -3.43. The van der Waals surface area contributed by atoms with E-state index in [2.05, 4.69) is 5.32 Å². The number of methoxy groups -OCH3 is 1. The highest BCUT2D eigenvalue weighted by Crippen LogP contribution is 2.28. The molecular weight excluding hydrogens is 472 g/mol. The third-order valence-electron chi connectivity index (χ3n) is 7.05. The Kier molecular flexibility index (Phi) is 8.78. The molecule has 3 unspecified atom stereocenters. The predicted molar refractivity (Wildman–Crippen MR) is 139 cm³/mol. The molecule has 0 aliphatic carbocycles. The first-order valence-corrected chi connectivity index (χ1v) is 12.8. The topological polar surface area (TPSA) is 114 Å². The monoisotopic (exact) mass is 508 g/mol. The van der Waals surface area contributed by atoms with Gasteiger partial charge in [-0.15, -0.1) is 0 Å². The number of aryl methyl sites for hydroxylation is 1. The van der Waals surface area contributed by atoms with Crippen LogP contribution in [0.15, 0.2) is 48.5 Å². The predicted octanol–water partition coefficient (Wildman–Crippen LogP) is 1.98. The number of hydrogen-bond acceptors (Lipinski definition) is 6. The molecule has 0 aromatic heterocycles. The Morgan fingerprint density at radius 2 is 1.81 bits per heavy atom. The summed E-state index contributed by atoms with van der Waals surface area (Å²) in [5.74, 6) is 0.00948. The first-order chi connectivity index (χ1) is 17.9. The normalized spacial score (nSPS) is 21.1. The van der Waals surface area contributed by atoms with Gasteiger partial charge in [0, 0.05) is 43.9 Å². The summed E-state index contributed by atoms with van der Waals surface area (Å²) in [5, 5.41) is 2.83. The van der Waals surface area contributed by atoms with Gasteiger partial charge in [-0.1, -0.05) is 17.7 Å². The second-order valence-electron chi connectivity index (χ2n) is 9.63. The fourth-order valence-corrected chi connectivity index (χ4v) is 4.99. The Balaban J connectivity index is 1.62. The first-order valence-electron chi connectivity index (χ1n) is 12.8. The minimum Gasteiger partial charge on any atom is -0.497 e. The Morgan fingerprint density at radius 3 is 2.43 bits per heavy atom. The number of hydrogen-bond donors (Lipinski definition) is 2. The molecule has 0 bridgehead atoms. The van der Waals surface area contributed by atoms with Crippen molar-refractivity contribution in [3.63, 3.8) is 0 Å². The number of carbonyl (C=O) groups is 3. The van der Waals surface area contributed by atoms with Crippen molar-refractivity contribution in [2.24, 2.45) is 5.73 Å². The average molecular weight is 509 g/mol. The van der Waals surface area contributed by atoms with E-state index in [1.54, 1.807) is 53.3 Å². The summed E-state index contributed by atoms with van der Waals surface area (Å²) in [7, 11) is 1.58. The van der Waals surface area contributed by atoms with Crippen LogP contribution >= 0.6 is 0 Å². The zero-order valence-corrected chi connectivity index (χ0v) is 21.5. The molecular formula is C28H36N4O5. The molecule has 3 amide bonds. The third kappa shape index (κ3) is 6.29. The highest BCUT2D eigenvalue weighted by Gasteiger charge is 2.44. The fraction of sp³-hybridized carbons (Fsp3) is 0.464. The van der Waals surface area contributed by atoms with Crippen LogP contribution in [0.3, 0.4) is 0 Å². The van der Waals surface area contributed by atoms with Gasteiger partial charge in [0.25, 0.3) is 11.8 Å². The van der Waals surface area contributed by atoms with Crippen LogP contribution in [-0.4, -0.2) is 85.6 Å². The van der Waals surface area contributed by atoms with E-state index in [-0.39, 0.29) is 36.4 Å². The van der Waals surface area contributed by atoms with Gasteiger partial charge in [-0.05, 0) is 62.6 Å². The average Bonchev–Trinajstić information content (AvgIpc) is 3.60. The van der Waals surface area contributed by atoms with Crippen molar-refractivity contribution in [2.75, 3.05) is 39.9 Å². The maximum absolute atomic E-state index is 13.8. The van der Waals surface area contributed by atoms with E-state index < -0.39 is 6.04 Å². The molecule has 3 atom stereocenters. The van der Waals surface area contributed by atoms with Crippen molar-refractivity contribution >= 4 is 17.7 Å². The molecule has 4 rings (SSSR count). The van der Waals surface area contributed by atoms with Crippen LogP contribution in [-0.2, 0) is 9.53 Å². The van der Waals surface area contributed by atoms with Gasteiger partial charge in [0.05, 0.1) is 19.3 Å². The number of amides is 3. The molecule has 2 fully saturated rings. The summed E-state index contributed by atoms with van der Waals surface area (Å²) in [6.45, 7) is 3.89. The van der Waals surface area contributed by atoms with Crippen LogP contribution in [0.1, 0.15) is 45.5 Å². The maximum atomic E-state index is 13.8. The number of likely N-dealkylation sites (tertiary alicyclic amines) is 1. The summed E-state index contributed by atoms with van der Waals surface area (Å²) in [4.78, 5) is 43.8. The third-order valence-corrected chi connectivity index (χ3v) is 7.05. The minimum absolute atomic E-state index is 0.0754. The van der Waals surface area contributed by atoms with Gasteiger partial charge >= 0.3 is 0 Å². The second kappa shape index (κ2) is 12.2. The molecule has 2 aliphatic rings. The van der Waals surface area contributed by atoms with Gasteiger partial charge < -0.3 is 30.3 Å². The molecule has 2 aliphatic heterocycles. The second-order valence-corrected chi connectivity index (χ2v) is 9.63. The van der Waals surface area contributed by atoms with Crippen LogP contribution in [0.5, 0.6) is 5.75 Å². The first kappa shape index (κ1) is 26.6. The molecule has 9 heteroatoms. The van der Waals surface area contributed by atoms with E-state index >= 15 is 0 Å². The molecule has 37 heavy (non-hydrogen) atoms. The standard InChI is InChI=1S/C28H36N4O5/c1-19-5-7-20(8-6-19)28(35)32-17-22(16-25(32)26(33)30-14-13-29)31(18-24-4-3-15-37-24)27(34)21-9-11-23(36-2)12-10-21/h5-12,22,24-25H,3-4,13-18,29H2,1-2H3,(H,30,33). The number of nitrogens with one attached hydrogen (secondary N) is 1. The van der Waals surface area contributed by atoms with Crippen LogP contribution < -0.4 is 15.8 Å². The van der Waals surface area contributed by atoms with E-state index in [0.717, 1.165) is 18.4 Å². The van der Waals surface area contributed by atoms with Gasteiger partial charge in [-0.2, -0.15) is 0 Å². The molecule has 2 heterocycles. The van der Waals surface area contributed by atoms with E-state index in [4.69, 9.17) is 15.2 Å². The van der Waals surface area contributed by atoms with Crippen molar-refractivity contribution in [2.45, 2.75) is 44.4 Å². The number of ether oxygens (including phenoxy) is 2. The minimum atomic E-state index is -0.707. The lowest BCUT2D eigenvalue weighted by Gasteiger charge is -2.31. The highest BCUT2D eigenvalue weighted by atomic mass is 16.5. The van der Waals surface area contributed by atoms with E-state index in [0.29, 0.717) is 49.5 Å². The lowest BCUT2D eigenvalue weighted by Crippen LogP contribution is -2.47. The zero-order valence-electron chi connectivity index (χ0n) is 21.5. The van der Waals surface area contributed by atoms with E-state index in [1.807, 2.05) is 19.1 Å². The summed E-state index contributed by atoms with van der Waals surface area (Å²) in [6, 6.07) is 13.2. The summed E-state index contributed by atoms with van der Waals surface area (Å²) in [6.07, 6.45) is 2.07. The Morgan fingerprint density at radius 1 is 1.11 bits per heavy atom. The van der Waals surface area contributed by atoms with Crippen LogP contribution in [0, 0.1) is 6.92 Å². The van der Waals surface area contributed by atoms with Crippen LogP contribution in [0.2, 0.25) is 0 Å². The van der Waals surface area contributed by atoms with Gasteiger partial charge in [-0.3, -0.25) is 14.4 Å². The Bertz CT molecular complexity index is 1080. The van der Waals surface area contributed by atoms with Gasteiger partial charge in [-0.25, -0.2) is 0 Å². The molecule has 0 radical (unpaired) electrons. The van der Waals surface area contributed by atoms with Crippen molar-refractivity contribution in [3.8, 4) is 5.75 Å². The highest BCUT2D eigenvalue weighted by molar-refractivity contribution is 5.99. The summed E-state index contributed by atoms with van der Waals surface area (Å²) >= 11 is 0. The molecule has 0 saturated carbocycles. The van der Waals surface area contributed by atoms with Gasteiger partial charge in [0.2, 0.25) is 5.91 Å².